The minimum Gasteiger partial charge on any atom is -0.403 e. The van der Waals surface area contributed by atoms with Crippen LogP contribution >= 0.6 is 0 Å². The van der Waals surface area contributed by atoms with E-state index in [2.05, 4.69) is 20.6 Å². The van der Waals surface area contributed by atoms with E-state index in [1.165, 1.54) is 12.4 Å². The lowest BCUT2D eigenvalue weighted by molar-refractivity contribution is -0.107. The van der Waals surface area contributed by atoms with E-state index in [9.17, 15) is 4.79 Å². The van der Waals surface area contributed by atoms with Gasteiger partial charge in [-0.15, -0.1) is 0 Å². The van der Waals surface area contributed by atoms with E-state index in [1.54, 1.807) is 6.20 Å². The number of H-pyrrole nitrogens is 1. The lowest BCUT2D eigenvalue weighted by Crippen LogP contribution is -2.30. The van der Waals surface area contributed by atoms with Crippen LogP contribution in [0.15, 0.2) is 18.5 Å². The van der Waals surface area contributed by atoms with E-state index in [0.29, 0.717) is 16.7 Å². The highest BCUT2D eigenvalue weighted by Gasteiger charge is 2.07. The van der Waals surface area contributed by atoms with E-state index < -0.39 is 0 Å². The predicted molar refractivity (Wildman–Crippen MR) is 82.5 cm³/mol. The Hall–Kier alpha value is -2.83. The Morgan fingerprint density at radius 1 is 1.57 bits per heavy atom. The first-order chi connectivity index (χ1) is 10.3. The summed E-state index contributed by atoms with van der Waals surface area (Å²) in [6.45, 7) is 1.05. The minimum atomic E-state index is 0.187. The molecule has 0 amide bonds. The molecule has 0 radical (unpaired) electrons. The highest BCUT2D eigenvalue weighted by molar-refractivity contribution is 6.06. The van der Waals surface area contributed by atoms with E-state index >= 15 is 0 Å². The summed E-state index contributed by atoms with van der Waals surface area (Å²) in [7, 11) is 0. The average Bonchev–Trinajstić information content (AvgIpc) is 2.96. The Morgan fingerprint density at radius 3 is 3.05 bits per heavy atom. The number of carbonyl (C=O) groups is 1. The van der Waals surface area contributed by atoms with E-state index in [-0.39, 0.29) is 6.54 Å². The fourth-order valence-corrected chi connectivity index (χ4v) is 2.03. The van der Waals surface area contributed by atoms with Crippen molar-refractivity contribution in [3.05, 3.63) is 35.0 Å². The van der Waals surface area contributed by atoms with E-state index in [4.69, 9.17) is 11.1 Å². The predicted octanol–water partition coefficient (Wildman–Crippen LogP) is -1.46. The second-order valence-corrected chi connectivity index (χ2v) is 4.39. The first kappa shape index (κ1) is 14.6. The van der Waals surface area contributed by atoms with E-state index in [1.807, 2.05) is 12.3 Å². The van der Waals surface area contributed by atoms with Crippen LogP contribution in [0.2, 0.25) is 0 Å². The second kappa shape index (κ2) is 7.09. The quantitative estimate of drug-likeness (QED) is 0.257. The number of nitrogens with two attached hydrogens (primary N) is 1. The molecule has 0 aliphatic carbocycles. The van der Waals surface area contributed by atoms with Gasteiger partial charge in [-0.25, -0.2) is 4.98 Å². The van der Waals surface area contributed by atoms with Gasteiger partial charge in [-0.1, -0.05) is 0 Å². The number of aromatic nitrogens is 2. The molecule has 1 aliphatic rings. The maximum absolute atomic E-state index is 10.3. The highest BCUT2D eigenvalue weighted by Crippen LogP contribution is 2.05. The molecule has 7 heteroatoms. The van der Waals surface area contributed by atoms with Crippen molar-refractivity contribution in [2.75, 3.05) is 13.1 Å². The van der Waals surface area contributed by atoms with Gasteiger partial charge in [-0.3, -0.25) is 0 Å². The molecule has 0 fully saturated rings. The molecule has 1 aromatic heterocycles. The van der Waals surface area contributed by atoms with E-state index in [0.717, 1.165) is 30.2 Å². The van der Waals surface area contributed by atoms with Gasteiger partial charge in [0.15, 0.2) is 0 Å². The van der Waals surface area contributed by atoms with Crippen molar-refractivity contribution in [1.29, 1.82) is 5.41 Å². The molecule has 110 valence electrons. The molecule has 0 saturated carbocycles. The Bertz CT molecular complexity index is 698. The number of carbonyl (C=O) groups excluding carboxylic acids is 1. The summed E-state index contributed by atoms with van der Waals surface area (Å²) >= 11 is 0. The number of hydrogen-bond acceptors (Lipinski definition) is 6. The molecule has 0 bridgehead atoms. The molecule has 1 aliphatic heterocycles. The summed E-state index contributed by atoms with van der Waals surface area (Å²) in [5, 5.41) is 14.9. The van der Waals surface area contributed by atoms with Gasteiger partial charge >= 0.3 is 0 Å². The maximum atomic E-state index is 10.3. The van der Waals surface area contributed by atoms with Crippen LogP contribution in [-0.4, -0.2) is 35.6 Å². The molecule has 0 atom stereocenters. The monoisotopic (exact) mass is 286 g/mol. The molecule has 21 heavy (non-hydrogen) atoms. The Labute approximate surface area is 121 Å². The number of allylic oxidation sites excluding steroid dienone is 2. The van der Waals surface area contributed by atoms with Gasteiger partial charge in [0.05, 0.1) is 17.5 Å². The summed E-state index contributed by atoms with van der Waals surface area (Å²) < 4.78 is 0. The zero-order chi connectivity index (χ0) is 15.1. The van der Waals surface area contributed by atoms with Crippen molar-refractivity contribution >= 4 is 29.8 Å². The number of imidazole rings is 1. The number of aldehydes is 1. The number of hydrogen-bond donors (Lipinski definition) is 5. The second-order valence-electron chi connectivity index (χ2n) is 4.39. The zero-order valence-electron chi connectivity index (χ0n) is 11.5. The first-order valence-electron chi connectivity index (χ1n) is 6.59. The van der Waals surface area contributed by atoms with Crippen LogP contribution in [0.5, 0.6) is 0 Å². The number of nitrogens with zero attached hydrogens (tertiary/aromatic N) is 1. The van der Waals surface area contributed by atoms with Crippen molar-refractivity contribution in [2.24, 2.45) is 5.73 Å². The molecule has 7 nitrogen and oxygen atoms in total. The van der Waals surface area contributed by atoms with Crippen molar-refractivity contribution in [3.8, 4) is 0 Å². The normalized spacial score (nSPS) is 18.3. The third-order valence-corrected chi connectivity index (χ3v) is 3.04. The van der Waals surface area contributed by atoms with Crippen LogP contribution in [0, 0.1) is 5.41 Å². The number of aromatic amines is 1. The molecular formula is C14H18N6O. The van der Waals surface area contributed by atoms with Gasteiger partial charge in [0, 0.05) is 25.2 Å². The first-order valence-corrected chi connectivity index (χ1v) is 6.59. The average molecular weight is 286 g/mol. The highest BCUT2D eigenvalue weighted by atomic mass is 16.1. The molecule has 0 saturated heterocycles. The van der Waals surface area contributed by atoms with Gasteiger partial charge < -0.3 is 31.6 Å². The molecule has 0 unspecified atom stereocenters. The summed E-state index contributed by atoms with van der Waals surface area (Å²) in [5.41, 5.74) is 7.29. The fraction of sp³-hybridized carbons (Fsp3) is 0.214. The maximum Gasteiger partial charge on any atom is 0.141 e. The summed E-state index contributed by atoms with van der Waals surface area (Å²) in [4.78, 5) is 17.9. The summed E-state index contributed by atoms with van der Waals surface area (Å²) in [6.07, 6.45) is 9.67. The Morgan fingerprint density at radius 2 is 2.43 bits per heavy atom. The molecular weight excluding hydrogens is 268 g/mol. The third-order valence-electron chi connectivity index (χ3n) is 3.04. The standard InChI is InChI=1S/C14H18N6O/c15-7-11(9-18-5-6-21)14-19-12(8-16)13(20-14)10-1-3-17-4-2-10/h1,3,6-9,15,17-18H,2,4-5,16H2,(H,19,20)/b11-9+,12-8+,13-10+,15-7?. The number of rotatable bonds is 5. The lowest BCUT2D eigenvalue weighted by Gasteiger charge is -2.07. The summed E-state index contributed by atoms with van der Waals surface area (Å²) in [6, 6.07) is 0. The largest absolute Gasteiger partial charge is 0.403 e. The number of nitrogens with one attached hydrogen (secondary N) is 4. The van der Waals surface area contributed by atoms with Crippen LogP contribution in [0.4, 0.5) is 0 Å². The van der Waals surface area contributed by atoms with Crippen LogP contribution < -0.4 is 27.1 Å². The van der Waals surface area contributed by atoms with Crippen molar-refractivity contribution in [1.82, 2.24) is 20.6 Å². The topological polar surface area (TPSA) is 120 Å². The van der Waals surface area contributed by atoms with Crippen LogP contribution in [0.1, 0.15) is 12.2 Å². The smallest absolute Gasteiger partial charge is 0.141 e. The minimum absolute atomic E-state index is 0.187. The van der Waals surface area contributed by atoms with Crippen molar-refractivity contribution < 1.29 is 4.79 Å². The summed E-state index contributed by atoms with van der Waals surface area (Å²) in [5.74, 6) is 0.537. The Balaban J connectivity index is 2.48. The van der Waals surface area contributed by atoms with Gasteiger partial charge in [-0.05, 0) is 24.3 Å². The van der Waals surface area contributed by atoms with Gasteiger partial charge in [0.25, 0.3) is 0 Å². The van der Waals surface area contributed by atoms with Crippen LogP contribution in [-0.2, 0) is 4.79 Å². The molecule has 6 N–H and O–H groups in total. The van der Waals surface area contributed by atoms with Crippen LogP contribution in [0.3, 0.4) is 0 Å². The fourth-order valence-electron chi connectivity index (χ4n) is 2.03. The molecule has 0 spiro atoms. The Kier molecular flexibility index (Phi) is 4.92. The van der Waals surface area contributed by atoms with Crippen molar-refractivity contribution in [2.45, 2.75) is 6.42 Å². The molecule has 2 rings (SSSR count). The third kappa shape index (κ3) is 3.38. The van der Waals surface area contributed by atoms with Crippen LogP contribution in [0.25, 0.3) is 17.3 Å². The molecule has 1 aromatic rings. The van der Waals surface area contributed by atoms with Gasteiger partial charge in [-0.2, -0.15) is 0 Å². The van der Waals surface area contributed by atoms with Crippen molar-refractivity contribution in [3.63, 3.8) is 0 Å². The lowest BCUT2D eigenvalue weighted by atomic mass is 10.1. The molecule has 2 heterocycles. The zero-order valence-corrected chi connectivity index (χ0v) is 11.5. The molecule has 0 aromatic carbocycles. The van der Waals surface area contributed by atoms with Gasteiger partial charge in [0.2, 0.25) is 0 Å². The SMILES string of the molecule is N=C/C(=C\NCC=O)c1nc(=C/N)/c(=C2/C=CNCC2)[nH]1. The van der Waals surface area contributed by atoms with Gasteiger partial charge in [0.1, 0.15) is 17.5 Å².